The molecule has 1 fully saturated rings. The topological polar surface area (TPSA) is 52.6 Å². The van der Waals surface area contributed by atoms with Crippen LogP contribution in [0.3, 0.4) is 0 Å². The maximum Gasteiger partial charge on any atom is 0.237 e. The van der Waals surface area contributed by atoms with Gasteiger partial charge in [0.1, 0.15) is 0 Å². The average Bonchev–Trinajstić information content (AvgIpc) is 2.17. The average molecular weight is 198 g/mol. The molecule has 0 spiro atoms. The smallest absolute Gasteiger partial charge is 0.237 e. The molecule has 0 radical (unpaired) electrons. The number of aliphatic hydroxyl groups is 1. The van der Waals surface area contributed by atoms with Crippen molar-refractivity contribution in [3.05, 3.63) is 12.7 Å². The van der Waals surface area contributed by atoms with E-state index in [9.17, 15) is 4.79 Å². The van der Waals surface area contributed by atoms with Crippen LogP contribution in [-0.2, 0) is 4.79 Å². The van der Waals surface area contributed by atoms with E-state index in [2.05, 4.69) is 23.7 Å². The van der Waals surface area contributed by atoms with Gasteiger partial charge >= 0.3 is 0 Å². The Morgan fingerprint density at radius 1 is 1.79 bits per heavy atom. The van der Waals surface area contributed by atoms with Gasteiger partial charge in [0, 0.05) is 25.7 Å². The Morgan fingerprint density at radius 3 is 3.07 bits per heavy atom. The third kappa shape index (κ3) is 2.33. The van der Waals surface area contributed by atoms with Crippen LogP contribution >= 0.6 is 0 Å². The first-order chi connectivity index (χ1) is 6.70. The predicted octanol–water partition coefficient (Wildman–Crippen LogP) is -0.256. The monoisotopic (exact) mass is 198 g/mol. The summed E-state index contributed by atoms with van der Waals surface area (Å²) in [4.78, 5) is 13.6. The lowest BCUT2D eigenvalue weighted by molar-refractivity contribution is -0.131. The highest BCUT2D eigenvalue weighted by atomic mass is 16.3. The van der Waals surface area contributed by atoms with Crippen LogP contribution in [0.2, 0.25) is 0 Å². The van der Waals surface area contributed by atoms with Crippen molar-refractivity contribution in [1.29, 1.82) is 0 Å². The molecule has 4 heteroatoms. The lowest BCUT2D eigenvalue weighted by atomic mass is 10.1. The summed E-state index contributed by atoms with van der Waals surface area (Å²) in [7, 11) is 0. The first-order valence-corrected chi connectivity index (χ1v) is 4.96. The Morgan fingerprint density at radius 2 is 2.50 bits per heavy atom. The molecule has 2 N–H and O–H groups in total. The number of carbonyl (C=O) groups excluding carboxylic acids is 1. The second-order valence-electron chi connectivity index (χ2n) is 3.61. The summed E-state index contributed by atoms with van der Waals surface area (Å²) in [5.41, 5.74) is 0. The number of carbonyl (C=O) groups is 1. The minimum atomic E-state index is -0.207. The molecule has 0 aromatic rings. The molecule has 80 valence electrons. The van der Waals surface area contributed by atoms with E-state index in [-0.39, 0.29) is 18.6 Å². The molecule has 1 rings (SSSR count). The van der Waals surface area contributed by atoms with Crippen molar-refractivity contribution in [2.45, 2.75) is 25.4 Å². The molecule has 0 aromatic carbocycles. The SMILES string of the molecule is C=CCN1C(C)CNC(=O)C1CCO. The maximum atomic E-state index is 11.5. The van der Waals surface area contributed by atoms with E-state index in [1.54, 1.807) is 6.08 Å². The van der Waals surface area contributed by atoms with Gasteiger partial charge in [0.15, 0.2) is 0 Å². The number of nitrogens with zero attached hydrogens (tertiary/aromatic N) is 1. The lowest BCUT2D eigenvalue weighted by Gasteiger charge is -2.39. The molecule has 0 aromatic heterocycles. The predicted molar refractivity (Wildman–Crippen MR) is 54.9 cm³/mol. The summed E-state index contributed by atoms with van der Waals surface area (Å²) >= 11 is 0. The fraction of sp³-hybridized carbons (Fsp3) is 0.700. The van der Waals surface area contributed by atoms with Crippen molar-refractivity contribution in [2.24, 2.45) is 0 Å². The van der Waals surface area contributed by atoms with Crippen LogP contribution in [0.15, 0.2) is 12.7 Å². The van der Waals surface area contributed by atoms with Crippen LogP contribution in [0.25, 0.3) is 0 Å². The lowest BCUT2D eigenvalue weighted by Crippen LogP contribution is -2.59. The van der Waals surface area contributed by atoms with Gasteiger partial charge in [-0.3, -0.25) is 9.69 Å². The highest BCUT2D eigenvalue weighted by Crippen LogP contribution is 2.13. The zero-order chi connectivity index (χ0) is 10.6. The van der Waals surface area contributed by atoms with Gasteiger partial charge in [0.25, 0.3) is 0 Å². The minimum absolute atomic E-state index is 0.0130. The molecule has 14 heavy (non-hydrogen) atoms. The number of hydrogen-bond donors (Lipinski definition) is 2. The standard InChI is InChI=1S/C10H18N2O2/c1-3-5-12-8(2)7-11-10(14)9(12)4-6-13/h3,8-9,13H,1,4-7H2,2H3,(H,11,14). The normalized spacial score (nSPS) is 28.6. The van der Waals surface area contributed by atoms with Crippen LogP contribution < -0.4 is 5.32 Å². The Balaban J connectivity index is 2.69. The molecular formula is C10H18N2O2. The zero-order valence-electron chi connectivity index (χ0n) is 8.57. The molecule has 2 unspecified atom stereocenters. The van der Waals surface area contributed by atoms with Gasteiger partial charge in [0.2, 0.25) is 5.91 Å². The molecule has 1 aliphatic heterocycles. The Labute approximate surface area is 84.6 Å². The molecule has 1 saturated heterocycles. The summed E-state index contributed by atoms with van der Waals surface area (Å²) in [6.07, 6.45) is 2.28. The molecule has 0 bridgehead atoms. The number of rotatable bonds is 4. The molecule has 1 amide bonds. The van der Waals surface area contributed by atoms with E-state index in [4.69, 9.17) is 5.11 Å². The molecule has 4 nitrogen and oxygen atoms in total. The number of piperazine rings is 1. The summed E-state index contributed by atoms with van der Waals surface area (Å²) < 4.78 is 0. The Kier molecular flexibility index (Phi) is 4.10. The summed E-state index contributed by atoms with van der Waals surface area (Å²) in [6, 6.07) is 0.101. The van der Waals surface area contributed by atoms with Crippen molar-refractivity contribution in [3.8, 4) is 0 Å². The number of hydrogen-bond acceptors (Lipinski definition) is 3. The van der Waals surface area contributed by atoms with Crippen LogP contribution in [0.1, 0.15) is 13.3 Å². The van der Waals surface area contributed by atoms with Gasteiger partial charge in [-0.05, 0) is 13.3 Å². The second kappa shape index (κ2) is 5.12. The fourth-order valence-corrected chi connectivity index (χ4v) is 1.82. The van der Waals surface area contributed by atoms with E-state index in [0.29, 0.717) is 25.6 Å². The Hall–Kier alpha value is -0.870. The zero-order valence-corrected chi connectivity index (χ0v) is 8.57. The van der Waals surface area contributed by atoms with Gasteiger partial charge in [-0.15, -0.1) is 6.58 Å². The number of nitrogens with one attached hydrogen (secondary N) is 1. The first kappa shape index (κ1) is 11.2. The number of aliphatic hydroxyl groups excluding tert-OH is 1. The van der Waals surface area contributed by atoms with Gasteiger partial charge in [-0.25, -0.2) is 0 Å². The van der Waals surface area contributed by atoms with Crippen LogP contribution in [-0.4, -0.2) is 47.7 Å². The highest BCUT2D eigenvalue weighted by Gasteiger charge is 2.32. The first-order valence-electron chi connectivity index (χ1n) is 4.96. The summed E-state index contributed by atoms with van der Waals surface area (Å²) in [5.74, 6) is 0.0130. The highest BCUT2D eigenvalue weighted by molar-refractivity contribution is 5.82. The summed E-state index contributed by atoms with van der Waals surface area (Å²) in [5, 5.41) is 11.7. The maximum absolute atomic E-state index is 11.5. The second-order valence-corrected chi connectivity index (χ2v) is 3.61. The van der Waals surface area contributed by atoms with E-state index in [1.165, 1.54) is 0 Å². The van der Waals surface area contributed by atoms with Gasteiger partial charge in [-0.1, -0.05) is 6.08 Å². The molecule has 1 aliphatic rings. The molecule has 1 heterocycles. The van der Waals surface area contributed by atoms with E-state index < -0.39 is 0 Å². The van der Waals surface area contributed by atoms with Crippen molar-refractivity contribution < 1.29 is 9.90 Å². The van der Waals surface area contributed by atoms with Crippen molar-refractivity contribution in [1.82, 2.24) is 10.2 Å². The van der Waals surface area contributed by atoms with Gasteiger partial charge in [0.05, 0.1) is 6.04 Å². The third-order valence-electron chi connectivity index (χ3n) is 2.58. The van der Waals surface area contributed by atoms with Gasteiger partial charge in [-0.2, -0.15) is 0 Å². The number of amides is 1. The van der Waals surface area contributed by atoms with Crippen molar-refractivity contribution in [3.63, 3.8) is 0 Å². The summed E-state index contributed by atoms with van der Waals surface area (Å²) in [6.45, 7) is 7.14. The van der Waals surface area contributed by atoms with Gasteiger partial charge < -0.3 is 10.4 Å². The fourth-order valence-electron chi connectivity index (χ4n) is 1.82. The quantitative estimate of drug-likeness (QED) is 0.612. The molecular weight excluding hydrogens is 180 g/mol. The molecule has 0 aliphatic carbocycles. The van der Waals surface area contributed by atoms with Crippen LogP contribution in [0.5, 0.6) is 0 Å². The van der Waals surface area contributed by atoms with E-state index >= 15 is 0 Å². The van der Waals surface area contributed by atoms with E-state index in [1.807, 2.05) is 0 Å². The third-order valence-corrected chi connectivity index (χ3v) is 2.58. The minimum Gasteiger partial charge on any atom is -0.396 e. The van der Waals surface area contributed by atoms with Crippen molar-refractivity contribution in [2.75, 3.05) is 19.7 Å². The van der Waals surface area contributed by atoms with Crippen molar-refractivity contribution >= 4 is 5.91 Å². The van der Waals surface area contributed by atoms with E-state index in [0.717, 1.165) is 0 Å². The molecule has 2 atom stereocenters. The largest absolute Gasteiger partial charge is 0.396 e. The van der Waals surface area contributed by atoms with Crippen LogP contribution in [0, 0.1) is 0 Å². The molecule has 0 saturated carbocycles. The van der Waals surface area contributed by atoms with Crippen LogP contribution in [0.4, 0.5) is 0 Å². The Bertz CT molecular complexity index is 218.